The summed E-state index contributed by atoms with van der Waals surface area (Å²) in [4.78, 5) is 25.0. The van der Waals surface area contributed by atoms with Crippen LogP contribution in [0.25, 0.3) is 0 Å². The number of pyridine rings is 1. The van der Waals surface area contributed by atoms with Gasteiger partial charge in [0.25, 0.3) is 5.91 Å². The Kier molecular flexibility index (Phi) is 5.58. The molecule has 0 saturated heterocycles. The minimum Gasteiger partial charge on any atom is -0.385 e. The molecule has 0 spiro atoms. The highest BCUT2D eigenvalue weighted by atomic mass is 35.5. The van der Waals surface area contributed by atoms with Crippen molar-refractivity contribution in [2.75, 3.05) is 11.9 Å². The van der Waals surface area contributed by atoms with Gasteiger partial charge in [0.15, 0.2) is 5.43 Å². The van der Waals surface area contributed by atoms with Crippen molar-refractivity contribution in [2.24, 2.45) is 0 Å². The Balaban J connectivity index is 1.85. The first kappa shape index (κ1) is 18.8. The van der Waals surface area contributed by atoms with Crippen molar-refractivity contribution in [1.82, 2.24) is 9.88 Å². The molecule has 26 heavy (non-hydrogen) atoms. The highest BCUT2D eigenvalue weighted by molar-refractivity contribution is 6.31. The van der Waals surface area contributed by atoms with Crippen molar-refractivity contribution in [1.29, 1.82) is 0 Å². The Bertz CT molecular complexity index is 922. The van der Waals surface area contributed by atoms with E-state index in [1.807, 2.05) is 18.4 Å². The summed E-state index contributed by atoms with van der Waals surface area (Å²) in [5, 5.41) is 7.01. The molecule has 0 radical (unpaired) electrons. The molecule has 0 aliphatic carbocycles. The van der Waals surface area contributed by atoms with Crippen LogP contribution >= 0.6 is 23.2 Å². The summed E-state index contributed by atoms with van der Waals surface area (Å²) in [5.74, 6) is -0.254. The van der Waals surface area contributed by atoms with E-state index in [4.69, 9.17) is 23.2 Å². The first-order valence-corrected chi connectivity index (χ1v) is 9.41. The van der Waals surface area contributed by atoms with Crippen LogP contribution < -0.4 is 16.1 Å². The monoisotopic (exact) mass is 393 g/mol. The quantitative estimate of drug-likeness (QED) is 0.759. The summed E-state index contributed by atoms with van der Waals surface area (Å²) >= 11 is 12.3. The number of benzene rings is 1. The Morgan fingerprint density at radius 2 is 2.04 bits per heavy atom. The normalized spacial score (nSPS) is 12.8. The average molecular weight is 394 g/mol. The van der Waals surface area contributed by atoms with E-state index in [1.165, 1.54) is 6.07 Å². The summed E-state index contributed by atoms with van der Waals surface area (Å²) in [7, 11) is 0. The van der Waals surface area contributed by atoms with Crippen LogP contribution in [-0.4, -0.2) is 17.0 Å². The number of rotatable bonds is 5. The maximum atomic E-state index is 12.7. The number of nitrogens with zero attached hydrogens (tertiary/aromatic N) is 1. The van der Waals surface area contributed by atoms with Gasteiger partial charge in [-0.1, -0.05) is 23.2 Å². The fraction of sp³-hybridized carbons (Fsp3) is 0.368. The molecule has 0 atom stereocenters. The molecule has 2 aromatic rings. The van der Waals surface area contributed by atoms with Gasteiger partial charge in [0, 0.05) is 53.2 Å². The zero-order valence-electron chi connectivity index (χ0n) is 14.8. The van der Waals surface area contributed by atoms with E-state index in [1.54, 1.807) is 12.1 Å². The molecule has 5 nitrogen and oxygen atoms in total. The van der Waals surface area contributed by atoms with Crippen molar-refractivity contribution in [3.8, 4) is 0 Å². The van der Waals surface area contributed by atoms with Gasteiger partial charge in [0.1, 0.15) is 5.15 Å². The number of hydrogen-bond donors (Lipinski definition) is 2. The molecule has 0 saturated carbocycles. The van der Waals surface area contributed by atoms with Gasteiger partial charge in [-0.05, 0) is 44.4 Å². The summed E-state index contributed by atoms with van der Waals surface area (Å²) in [6, 6.07) is 4.87. The van der Waals surface area contributed by atoms with Gasteiger partial charge in [-0.3, -0.25) is 9.59 Å². The summed E-state index contributed by atoms with van der Waals surface area (Å²) in [6.07, 6.45) is 1.74. The van der Waals surface area contributed by atoms with Gasteiger partial charge in [-0.15, -0.1) is 0 Å². The third-order valence-corrected chi connectivity index (χ3v) is 5.22. The van der Waals surface area contributed by atoms with Crippen LogP contribution in [0, 0.1) is 6.92 Å². The Labute approximate surface area is 162 Å². The van der Waals surface area contributed by atoms with Crippen LogP contribution in [0.1, 0.15) is 40.5 Å². The predicted molar refractivity (Wildman–Crippen MR) is 106 cm³/mol. The maximum Gasteiger partial charge on any atom is 0.251 e. The molecule has 1 aromatic carbocycles. The number of fused-ring (bicyclic) bond motifs is 1. The number of halogens is 2. The molecule has 0 fully saturated rings. The van der Waals surface area contributed by atoms with E-state index in [-0.39, 0.29) is 17.9 Å². The van der Waals surface area contributed by atoms with Gasteiger partial charge in [-0.25, -0.2) is 0 Å². The van der Waals surface area contributed by atoms with Crippen molar-refractivity contribution in [3.63, 3.8) is 0 Å². The summed E-state index contributed by atoms with van der Waals surface area (Å²) in [6.45, 7) is 5.56. The molecule has 0 unspecified atom stereocenters. The standard InChI is InChI=1S/C19H21Cl2N3O2/c1-3-22-15-8-12(20)7-13(11(15)2)19(26)23-10-14-16-5-4-6-24(16)18(21)9-17(14)25/h7-9,22H,3-6,10H2,1-2H3,(H,23,26). The fourth-order valence-electron chi connectivity index (χ4n) is 3.38. The van der Waals surface area contributed by atoms with Gasteiger partial charge in [0.05, 0.1) is 0 Å². The average Bonchev–Trinajstić information content (AvgIpc) is 3.07. The van der Waals surface area contributed by atoms with Crippen LogP contribution in [0.2, 0.25) is 10.2 Å². The van der Waals surface area contributed by atoms with E-state index in [9.17, 15) is 9.59 Å². The molecule has 1 amide bonds. The minimum atomic E-state index is -0.254. The third-order valence-electron chi connectivity index (χ3n) is 4.68. The van der Waals surface area contributed by atoms with Crippen molar-refractivity contribution >= 4 is 34.8 Å². The number of carbonyl (C=O) groups is 1. The minimum absolute atomic E-state index is 0.139. The first-order valence-electron chi connectivity index (χ1n) is 8.65. The highest BCUT2D eigenvalue weighted by Crippen LogP contribution is 2.25. The third kappa shape index (κ3) is 3.60. The fourth-order valence-corrected chi connectivity index (χ4v) is 3.89. The number of amides is 1. The molecule has 138 valence electrons. The Morgan fingerprint density at radius 1 is 1.27 bits per heavy atom. The zero-order valence-corrected chi connectivity index (χ0v) is 16.3. The van der Waals surface area contributed by atoms with Crippen molar-refractivity contribution < 1.29 is 4.79 Å². The molecule has 3 rings (SSSR count). The number of aromatic nitrogens is 1. The smallest absolute Gasteiger partial charge is 0.251 e. The molecule has 7 heteroatoms. The van der Waals surface area contributed by atoms with Crippen LogP contribution in [0.3, 0.4) is 0 Å². The van der Waals surface area contributed by atoms with Gasteiger partial charge in [0.2, 0.25) is 0 Å². The lowest BCUT2D eigenvalue weighted by Gasteiger charge is -2.15. The van der Waals surface area contributed by atoms with E-state index < -0.39 is 0 Å². The SMILES string of the molecule is CCNc1cc(Cl)cc(C(=O)NCc2c3n(c(Cl)cc2=O)CCC3)c1C. The van der Waals surface area contributed by atoms with E-state index in [0.29, 0.717) is 21.3 Å². The number of carbonyl (C=O) groups excluding carboxylic acids is 1. The molecule has 0 bridgehead atoms. The molecule has 1 aliphatic heterocycles. The van der Waals surface area contributed by atoms with Crippen LogP contribution in [0.15, 0.2) is 23.0 Å². The van der Waals surface area contributed by atoms with E-state index in [2.05, 4.69) is 10.6 Å². The predicted octanol–water partition coefficient (Wildman–Crippen LogP) is 3.77. The second-order valence-electron chi connectivity index (χ2n) is 6.35. The van der Waals surface area contributed by atoms with E-state index in [0.717, 1.165) is 42.9 Å². The van der Waals surface area contributed by atoms with Gasteiger partial charge < -0.3 is 15.2 Å². The molecule has 1 aromatic heterocycles. The number of hydrogen-bond acceptors (Lipinski definition) is 3. The van der Waals surface area contributed by atoms with Crippen LogP contribution in [-0.2, 0) is 19.5 Å². The Hall–Kier alpha value is -1.98. The summed E-state index contributed by atoms with van der Waals surface area (Å²) < 4.78 is 1.94. The lowest BCUT2D eigenvalue weighted by molar-refractivity contribution is 0.0950. The van der Waals surface area contributed by atoms with Gasteiger partial charge >= 0.3 is 0 Å². The van der Waals surface area contributed by atoms with Crippen molar-refractivity contribution in [2.45, 2.75) is 39.8 Å². The van der Waals surface area contributed by atoms with Gasteiger partial charge in [-0.2, -0.15) is 0 Å². The molecule has 1 aliphatic rings. The number of nitrogens with one attached hydrogen (secondary N) is 2. The van der Waals surface area contributed by atoms with Crippen molar-refractivity contribution in [3.05, 3.63) is 61.0 Å². The van der Waals surface area contributed by atoms with E-state index >= 15 is 0 Å². The second kappa shape index (κ2) is 7.72. The molecule has 2 N–H and O–H groups in total. The summed E-state index contributed by atoms with van der Waals surface area (Å²) in [5.41, 5.74) is 3.54. The lowest BCUT2D eigenvalue weighted by atomic mass is 10.1. The molecular weight excluding hydrogens is 373 g/mol. The topological polar surface area (TPSA) is 63.1 Å². The maximum absolute atomic E-state index is 12.7. The lowest BCUT2D eigenvalue weighted by Crippen LogP contribution is -2.28. The molecular formula is C19H21Cl2N3O2. The van der Waals surface area contributed by atoms with Crippen LogP contribution in [0.5, 0.6) is 0 Å². The molecule has 2 heterocycles. The Morgan fingerprint density at radius 3 is 2.77 bits per heavy atom. The number of anilines is 1. The largest absolute Gasteiger partial charge is 0.385 e. The zero-order chi connectivity index (χ0) is 18.8. The second-order valence-corrected chi connectivity index (χ2v) is 7.17. The highest BCUT2D eigenvalue weighted by Gasteiger charge is 2.20. The first-order chi connectivity index (χ1) is 12.4. The van der Waals surface area contributed by atoms with Crippen LogP contribution in [0.4, 0.5) is 5.69 Å².